The molecule has 0 spiro atoms. The van der Waals surface area contributed by atoms with Crippen LogP contribution in [0.2, 0.25) is 0 Å². The molecule has 0 saturated heterocycles. The molecule has 0 bridgehead atoms. The molecule has 0 amide bonds. The maximum Gasteiger partial charge on any atom is 0.123 e. The average molecular weight is 249 g/mol. The fraction of sp³-hybridized carbons (Fsp3) is 0.308. The molecule has 0 radical (unpaired) electrons. The van der Waals surface area contributed by atoms with Crippen LogP contribution in [0.5, 0.6) is 5.75 Å². The Morgan fingerprint density at radius 2 is 2.28 bits per heavy atom. The predicted octanol–water partition coefficient (Wildman–Crippen LogP) is 2.12. The zero-order valence-corrected chi connectivity index (χ0v) is 10.4. The molecular weight excluding hydrogens is 233 g/mol. The Morgan fingerprint density at radius 3 is 2.94 bits per heavy atom. The average Bonchev–Trinajstić information content (AvgIpc) is 2.75. The van der Waals surface area contributed by atoms with Crippen LogP contribution >= 0.6 is 0 Å². The lowest BCUT2D eigenvalue weighted by atomic mass is 10.1. The van der Waals surface area contributed by atoms with Crippen molar-refractivity contribution < 1.29 is 9.50 Å². The second kappa shape index (κ2) is 5.18. The van der Waals surface area contributed by atoms with Crippen molar-refractivity contribution in [1.29, 1.82) is 0 Å². The number of nitrogens with one attached hydrogen (secondary N) is 1. The van der Waals surface area contributed by atoms with Crippen LogP contribution in [-0.4, -0.2) is 14.9 Å². The van der Waals surface area contributed by atoms with E-state index in [0.29, 0.717) is 12.1 Å². The van der Waals surface area contributed by atoms with E-state index in [4.69, 9.17) is 0 Å². The third-order valence-corrected chi connectivity index (χ3v) is 2.83. The SMILES string of the molecule is CC(NCc1cnn(C)c1)c1cc(F)ccc1O. The number of hydrogen-bond donors (Lipinski definition) is 2. The van der Waals surface area contributed by atoms with Crippen LogP contribution in [-0.2, 0) is 13.6 Å². The highest BCUT2D eigenvalue weighted by Crippen LogP contribution is 2.24. The summed E-state index contributed by atoms with van der Waals surface area (Å²) < 4.78 is 14.8. The van der Waals surface area contributed by atoms with Crippen molar-refractivity contribution in [3.8, 4) is 5.75 Å². The molecule has 0 aliphatic rings. The number of aryl methyl sites for hydroxylation is 1. The molecule has 0 aliphatic heterocycles. The monoisotopic (exact) mass is 249 g/mol. The number of aromatic hydroxyl groups is 1. The molecule has 2 rings (SSSR count). The van der Waals surface area contributed by atoms with Gasteiger partial charge in [-0.15, -0.1) is 0 Å². The van der Waals surface area contributed by atoms with E-state index in [9.17, 15) is 9.50 Å². The Balaban J connectivity index is 2.03. The summed E-state index contributed by atoms with van der Waals surface area (Å²) in [4.78, 5) is 0. The van der Waals surface area contributed by atoms with Gasteiger partial charge in [-0.3, -0.25) is 4.68 Å². The second-order valence-electron chi connectivity index (χ2n) is 4.33. The number of aromatic nitrogens is 2. The van der Waals surface area contributed by atoms with Crippen molar-refractivity contribution in [2.75, 3.05) is 0 Å². The maximum atomic E-state index is 13.1. The van der Waals surface area contributed by atoms with E-state index in [-0.39, 0.29) is 17.6 Å². The lowest BCUT2D eigenvalue weighted by molar-refractivity contribution is 0.449. The van der Waals surface area contributed by atoms with Gasteiger partial charge in [-0.2, -0.15) is 5.10 Å². The van der Waals surface area contributed by atoms with Crippen molar-refractivity contribution in [2.24, 2.45) is 7.05 Å². The zero-order chi connectivity index (χ0) is 13.1. The first-order valence-electron chi connectivity index (χ1n) is 5.75. The summed E-state index contributed by atoms with van der Waals surface area (Å²) in [6, 6.07) is 3.82. The van der Waals surface area contributed by atoms with Gasteiger partial charge in [0.2, 0.25) is 0 Å². The van der Waals surface area contributed by atoms with Crippen molar-refractivity contribution >= 4 is 0 Å². The van der Waals surface area contributed by atoms with Gasteiger partial charge in [0.05, 0.1) is 6.20 Å². The van der Waals surface area contributed by atoms with E-state index in [1.165, 1.54) is 18.2 Å². The van der Waals surface area contributed by atoms with Gasteiger partial charge in [0, 0.05) is 37.0 Å². The molecule has 96 valence electrons. The number of phenolic OH excluding ortho intramolecular Hbond substituents is 1. The highest BCUT2D eigenvalue weighted by atomic mass is 19.1. The van der Waals surface area contributed by atoms with Crippen LogP contribution in [0.3, 0.4) is 0 Å². The number of halogens is 1. The van der Waals surface area contributed by atoms with E-state index in [1.54, 1.807) is 10.9 Å². The molecule has 0 saturated carbocycles. The van der Waals surface area contributed by atoms with Gasteiger partial charge >= 0.3 is 0 Å². The number of nitrogens with zero attached hydrogens (tertiary/aromatic N) is 2. The normalized spacial score (nSPS) is 12.6. The third-order valence-electron chi connectivity index (χ3n) is 2.83. The van der Waals surface area contributed by atoms with Gasteiger partial charge in [0.15, 0.2) is 0 Å². The van der Waals surface area contributed by atoms with Crippen LogP contribution in [0, 0.1) is 5.82 Å². The molecule has 0 fully saturated rings. The van der Waals surface area contributed by atoms with E-state index >= 15 is 0 Å². The Labute approximate surface area is 105 Å². The molecule has 5 heteroatoms. The van der Waals surface area contributed by atoms with E-state index in [0.717, 1.165) is 5.56 Å². The van der Waals surface area contributed by atoms with Gasteiger partial charge in [-0.05, 0) is 25.1 Å². The third kappa shape index (κ3) is 2.87. The number of benzene rings is 1. The van der Waals surface area contributed by atoms with Gasteiger partial charge < -0.3 is 10.4 Å². The molecule has 2 N–H and O–H groups in total. The molecule has 1 atom stereocenters. The fourth-order valence-corrected chi connectivity index (χ4v) is 1.82. The summed E-state index contributed by atoms with van der Waals surface area (Å²) in [5.41, 5.74) is 1.60. The van der Waals surface area contributed by atoms with Crippen LogP contribution < -0.4 is 5.32 Å². The van der Waals surface area contributed by atoms with Crippen LogP contribution in [0.4, 0.5) is 4.39 Å². The topological polar surface area (TPSA) is 50.1 Å². The first-order valence-corrected chi connectivity index (χ1v) is 5.75. The van der Waals surface area contributed by atoms with Crippen molar-refractivity contribution in [3.05, 3.63) is 47.5 Å². The number of hydrogen-bond acceptors (Lipinski definition) is 3. The highest BCUT2D eigenvalue weighted by molar-refractivity contribution is 5.34. The van der Waals surface area contributed by atoms with Crippen LogP contribution in [0.1, 0.15) is 24.1 Å². The molecule has 4 nitrogen and oxygen atoms in total. The summed E-state index contributed by atoms with van der Waals surface area (Å²) in [6.45, 7) is 2.50. The molecule has 1 aromatic carbocycles. The van der Waals surface area contributed by atoms with E-state index < -0.39 is 0 Å². The summed E-state index contributed by atoms with van der Waals surface area (Å²) in [6.07, 6.45) is 3.68. The minimum atomic E-state index is -0.349. The predicted molar refractivity (Wildman–Crippen MR) is 66.5 cm³/mol. The molecule has 1 heterocycles. The summed E-state index contributed by atoms with van der Waals surface area (Å²) >= 11 is 0. The standard InChI is InChI=1S/C13H16FN3O/c1-9(12-5-11(14)3-4-13(12)18)15-6-10-7-16-17(2)8-10/h3-5,7-9,15,18H,6H2,1-2H3. The van der Waals surface area contributed by atoms with E-state index in [1.807, 2.05) is 20.2 Å². The Kier molecular flexibility index (Phi) is 3.62. The Hall–Kier alpha value is -1.88. The molecule has 1 unspecified atom stereocenters. The zero-order valence-electron chi connectivity index (χ0n) is 10.4. The van der Waals surface area contributed by atoms with Crippen molar-refractivity contribution in [1.82, 2.24) is 15.1 Å². The first kappa shape index (κ1) is 12.6. The van der Waals surface area contributed by atoms with Crippen molar-refractivity contribution in [2.45, 2.75) is 19.5 Å². The summed E-state index contributed by atoms with van der Waals surface area (Å²) in [5, 5.41) is 17.0. The largest absolute Gasteiger partial charge is 0.508 e. The minimum absolute atomic E-state index is 0.0996. The van der Waals surface area contributed by atoms with Gasteiger partial charge in [-0.1, -0.05) is 0 Å². The minimum Gasteiger partial charge on any atom is -0.508 e. The molecular formula is C13H16FN3O. The molecule has 1 aromatic heterocycles. The lowest BCUT2D eigenvalue weighted by Crippen LogP contribution is -2.18. The van der Waals surface area contributed by atoms with Gasteiger partial charge in [0.1, 0.15) is 11.6 Å². The Bertz CT molecular complexity index is 539. The van der Waals surface area contributed by atoms with Crippen molar-refractivity contribution in [3.63, 3.8) is 0 Å². The smallest absolute Gasteiger partial charge is 0.123 e. The molecule has 2 aromatic rings. The summed E-state index contributed by atoms with van der Waals surface area (Å²) in [5.74, 6) is -0.250. The van der Waals surface area contributed by atoms with Crippen LogP contribution in [0.15, 0.2) is 30.6 Å². The first-order chi connectivity index (χ1) is 8.56. The molecule has 0 aliphatic carbocycles. The maximum absolute atomic E-state index is 13.1. The quantitative estimate of drug-likeness (QED) is 0.872. The number of phenols is 1. The molecule has 18 heavy (non-hydrogen) atoms. The Morgan fingerprint density at radius 1 is 1.50 bits per heavy atom. The fourth-order valence-electron chi connectivity index (χ4n) is 1.82. The summed E-state index contributed by atoms with van der Waals surface area (Å²) in [7, 11) is 1.85. The van der Waals surface area contributed by atoms with Crippen LogP contribution in [0.25, 0.3) is 0 Å². The second-order valence-corrected chi connectivity index (χ2v) is 4.33. The highest BCUT2D eigenvalue weighted by Gasteiger charge is 2.11. The van der Waals surface area contributed by atoms with Gasteiger partial charge in [0.25, 0.3) is 0 Å². The number of rotatable bonds is 4. The van der Waals surface area contributed by atoms with E-state index in [2.05, 4.69) is 10.4 Å². The lowest BCUT2D eigenvalue weighted by Gasteiger charge is -2.15. The van der Waals surface area contributed by atoms with Gasteiger partial charge in [-0.25, -0.2) is 4.39 Å².